The first-order valence-corrected chi connectivity index (χ1v) is 19.6. The van der Waals surface area contributed by atoms with Gasteiger partial charge in [0.05, 0.1) is 38.8 Å². The van der Waals surface area contributed by atoms with Gasteiger partial charge in [0.1, 0.15) is 0 Å². The second-order valence-corrected chi connectivity index (χ2v) is 15.0. The highest BCUT2D eigenvalue weighted by Crippen LogP contribution is 2.43. The Morgan fingerprint density at radius 2 is 0.684 bits per heavy atom. The molecule has 9 aromatic carbocycles. The molecule has 0 radical (unpaired) electrons. The normalized spacial score (nSPS) is 11.9. The van der Waals surface area contributed by atoms with E-state index in [0.29, 0.717) is 0 Å². The molecule has 0 aliphatic heterocycles. The van der Waals surface area contributed by atoms with Gasteiger partial charge in [-0.05, 0) is 95.1 Å². The van der Waals surface area contributed by atoms with Gasteiger partial charge < -0.3 is 13.7 Å². The average Bonchev–Trinajstić information content (AvgIpc) is 3.92. The fraction of sp³-hybridized carbons (Fsp3) is 0. The minimum Gasteiger partial charge on any atom is -0.309 e. The Hall–Kier alpha value is -7.62. The zero-order valence-electron chi connectivity index (χ0n) is 31.0. The first-order chi connectivity index (χ1) is 28.3. The maximum atomic E-state index is 2.51. The molecule has 266 valence electrons. The fourth-order valence-electron chi connectivity index (χ4n) is 9.35. The van der Waals surface area contributed by atoms with Crippen molar-refractivity contribution < 1.29 is 0 Å². The summed E-state index contributed by atoms with van der Waals surface area (Å²) < 4.78 is 7.39. The first-order valence-electron chi connectivity index (χ1n) is 19.6. The van der Waals surface area contributed by atoms with Crippen LogP contribution in [-0.2, 0) is 0 Å². The molecule has 12 rings (SSSR count). The summed E-state index contributed by atoms with van der Waals surface area (Å²) in [7, 11) is 0. The zero-order chi connectivity index (χ0) is 37.5. The SMILES string of the molecule is c1ccc(-c2cc(-c3ccccc3)cc(-n3c4ccccc4c4c(-n5c6ccccc6c6cc7c8ccccc8n(-c8ccccc8)c7cc65)cccc43)c2)cc1. The van der Waals surface area contributed by atoms with E-state index in [2.05, 4.69) is 226 Å². The van der Waals surface area contributed by atoms with E-state index < -0.39 is 0 Å². The van der Waals surface area contributed by atoms with Crippen molar-refractivity contribution in [3.8, 4) is 39.3 Å². The van der Waals surface area contributed by atoms with Crippen molar-refractivity contribution in [2.45, 2.75) is 0 Å². The summed E-state index contributed by atoms with van der Waals surface area (Å²) in [6.07, 6.45) is 0. The molecular formula is C54H35N3. The zero-order valence-corrected chi connectivity index (χ0v) is 31.0. The van der Waals surface area contributed by atoms with E-state index in [0.717, 1.165) is 17.1 Å². The number of fused-ring (bicyclic) bond motifs is 9. The standard InChI is InChI=1S/C54H35N3/c1-4-17-36(18-5-1)38-31-39(37-19-6-2-7-20-37)33-41(32-38)56-49-28-15-12-25-44(49)54-50(56)29-16-30-51(54)57-48-27-14-11-24-43(48)46-34-45-42-23-10-13-26-47(42)55(52(45)35-53(46)57)40-21-8-3-9-22-40/h1-35H. The lowest BCUT2D eigenvalue weighted by molar-refractivity contribution is 1.16. The van der Waals surface area contributed by atoms with Crippen LogP contribution in [0.1, 0.15) is 0 Å². The number of nitrogens with zero attached hydrogens (tertiary/aromatic N) is 3. The van der Waals surface area contributed by atoms with Crippen LogP contribution >= 0.6 is 0 Å². The number of para-hydroxylation sites is 4. The number of rotatable bonds is 5. The van der Waals surface area contributed by atoms with Gasteiger partial charge in [-0.2, -0.15) is 0 Å². The van der Waals surface area contributed by atoms with Crippen molar-refractivity contribution in [2.75, 3.05) is 0 Å². The Labute approximate surface area is 329 Å². The molecule has 0 atom stereocenters. The van der Waals surface area contributed by atoms with Crippen molar-refractivity contribution in [3.63, 3.8) is 0 Å². The number of hydrogen-bond acceptors (Lipinski definition) is 0. The molecule has 0 spiro atoms. The summed E-state index contributed by atoms with van der Waals surface area (Å²) in [5.41, 5.74) is 15.4. The monoisotopic (exact) mass is 725 g/mol. The minimum absolute atomic E-state index is 1.13. The predicted molar refractivity (Wildman–Crippen MR) is 240 cm³/mol. The highest BCUT2D eigenvalue weighted by atomic mass is 15.0. The largest absolute Gasteiger partial charge is 0.309 e. The van der Waals surface area contributed by atoms with Gasteiger partial charge in [-0.1, -0.05) is 140 Å². The van der Waals surface area contributed by atoms with Crippen LogP contribution in [0.5, 0.6) is 0 Å². The molecule has 3 heterocycles. The molecular weight excluding hydrogens is 691 g/mol. The van der Waals surface area contributed by atoms with Crippen molar-refractivity contribution in [2.24, 2.45) is 0 Å². The Bertz CT molecular complexity index is 3440. The van der Waals surface area contributed by atoms with Gasteiger partial charge in [0.25, 0.3) is 0 Å². The number of aromatic nitrogens is 3. The van der Waals surface area contributed by atoms with Gasteiger partial charge in [0.2, 0.25) is 0 Å². The molecule has 12 aromatic rings. The quantitative estimate of drug-likeness (QED) is 0.168. The van der Waals surface area contributed by atoms with Gasteiger partial charge in [0.15, 0.2) is 0 Å². The van der Waals surface area contributed by atoms with Gasteiger partial charge in [-0.15, -0.1) is 0 Å². The Morgan fingerprint density at radius 3 is 1.30 bits per heavy atom. The van der Waals surface area contributed by atoms with Crippen LogP contribution in [0.25, 0.3) is 105 Å². The smallest absolute Gasteiger partial charge is 0.0562 e. The van der Waals surface area contributed by atoms with Crippen LogP contribution in [0, 0.1) is 0 Å². The lowest BCUT2D eigenvalue weighted by atomic mass is 9.98. The summed E-state index contributed by atoms with van der Waals surface area (Å²) in [6, 6.07) is 77.5. The highest BCUT2D eigenvalue weighted by molar-refractivity contribution is 6.21. The van der Waals surface area contributed by atoms with Crippen molar-refractivity contribution in [1.29, 1.82) is 0 Å². The third kappa shape index (κ3) is 4.79. The maximum absolute atomic E-state index is 2.51. The average molecular weight is 726 g/mol. The Morgan fingerprint density at radius 1 is 0.228 bits per heavy atom. The molecule has 0 bridgehead atoms. The predicted octanol–water partition coefficient (Wildman–Crippen LogP) is 14.3. The summed E-state index contributed by atoms with van der Waals surface area (Å²) >= 11 is 0. The van der Waals surface area contributed by atoms with Crippen LogP contribution in [0.15, 0.2) is 212 Å². The van der Waals surface area contributed by atoms with Crippen molar-refractivity contribution in [1.82, 2.24) is 13.7 Å². The van der Waals surface area contributed by atoms with E-state index >= 15 is 0 Å². The van der Waals surface area contributed by atoms with Crippen molar-refractivity contribution in [3.05, 3.63) is 212 Å². The Balaban J connectivity index is 1.18. The van der Waals surface area contributed by atoms with Gasteiger partial charge in [-0.3, -0.25) is 0 Å². The van der Waals surface area contributed by atoms with Gasteiger partial charge in [0, 0.05) is 43.7 Å². The second kappa shape index (κ2) is 12.5. The molecule has 0 unspecified atom stereocenters. The van der Waals surface area contributed by atoms with Crippen LogP contribution in [-0.4, -0.2) is 13.7 Å². The topological polar surface area (TPSA) is 14.8 Å². The molecule has 0 aliphatic carbocycles. The van der Waals surface area contributed by atoms with Crippen molar-refractivity contribution >= 4 is 65.4 Å². The Kier molecular flexibility index (Phi) is 6.93. The van der Waals surface area contributed by atoms with E-state index in [1.807, 2.05) is 0 Å². The van der Waals surface area contributed by atoms with E-state index in [-0.39, 0.29) is 0 Å². The molecule has 0 saturated heterocycles. The van der Waals surface area contributed by atoms with E-state index in [4.69, 9.17) is 0 Å². The molecule has 3 nitrogen and oxygen atoms in total. The molecule has 0 saturated carbocycles. The van der Waals surface area contributed by atoms with E-state index in [9.17, 15) is 0 Å². The van der Waals surface area contributed by atoms with Crippen LogP contribution < -0.4 is 0 Å². The molecule has 57 heavy (non-hydrogen) atoms. The molecule has 0 N–H and O–H groups in total. The lowest BCUT2D eigenvalue weighted by Gasteiger charge is -2.15. The van der Waals surface area contributed by atoms with E-state index in [1.54, 1.807) is 0 Å². The number of hydrogen-bond donors (Lipinski definition) is 0. The summed E-state index contributed by atoms with van der Waals surface area (Å²) in [4.78, 5) is 0. The summed E-state index contributed by atoms with van der Waals surface area (Å²) in [6.45, 7) is 0. The van der Waals surface area contributed by atoms with Crippen LogP contribution in [0.4, 0.5) is 0 Å². The van der Waals surface area contributed by atoms with E-state index in [1.165, 1.54) is 87.7 Å². The summed E-state index contributed by atoms with van der Waals surface area (Å²) in [5.74, 6) is 0. The minimum atomic E-state index is 1.13. The third-order valence-electron chi connectivity index (χ3n) is 11.8. The summed E-state index contributed by atoms with van der Waals surface area (Å²) in [5, 5.41) is 7.46. The van der Waals surface area contributed by atoms with Gasteiger partial charge in [-0.25, -0.2) is 0 Å². The lowest BCUT2D eigenvalue weighted by Crippen LogP contribution is -1.98. The van der Waals surface area contributed by atoms with Crippen LogP contribution in [0.3, 0.4) is 0 Å². The maximum Gasteiger partial charge on any atom is 0.0562 e. The molecule has 0 aliphatic rings. The highest BCUT2D eigenvalue weighted by Gasteiger charge is 2.22. The fourth-order valence-corrected chi connectivity index (χ4v) is 9.35. The molecule has 3 aromatic heterocycles. The third-order valence-corrected chi connectivity index (χ3v) is 11.8. The molecule has 0 amide bonds. The van der Waals surface area contributed by atoms with Crippen LogP contribution in [0.2, 0.25) is 0 Å². The number of benzene rings is 9. The first kappa shape index (κ1) is 31.7. The second-order valence-electron chi connectivity index (χ2n) is 15.0. The molecule has 3 heteroatoms. The molecule has 0 fully saturated rings. The van der Waals surface area contributed by atoms with Gasteiger partial charge >= 0.3 is 0 Å².